The van der Waals surface area contributed by atoms with E-state index in [2.05, 4.69) is 15.0 Å². The van der Waals surface area contributed by atoms with Crippen LogP contribution < -0.4 is 0 Å². The van der Waals surface area contributed by atoms with Gasteiger partial charge in [0.25, 0.3) is 0 Å². The molecule has 0 bridgehead atoms. The number of aromatic hydroxyl groups is 2. The van der Waals surface area contributed by atoms with Gasteiger partial charge in [0.05, 0.1) is 16.2 Å². The highest BCUT2D eigenvalue weighted by molar-refractivity contribution is 6.32. The molecule has 2 N–H and O–H groups in total. The van der Waals surface area contributed by atoms with Crippen LogP contribution in [0.25, 0.3) is 22.6 Å². The number of hydrogen-bond acceptors (Lipinski definition) is 7. The molecule has 0 amide bonds. The van der Waals surface area contributed by atoms with E-state index in [0.29, 0.717) is 17.1 Å². The van der Waals surface area contributed by atoms with Crippen molar-refractivity contribution in [3.05, 3.63) is 56.5 Å². The highest BCUT2D eigenvalue weighted by atomic mass is 35.5. The molecule has 27 heavy (non-hydrogen) atoms. The van der Waals surface area contributed by atoms with Crippen molar-refractivity contribution in [2.75, 3.05) is 0 Å². The molecule has 2 aromatic heterocycles. The largest absolute Gasteiger partial charge is 0.504 e. The lowest BCUT2D eigenvalue weighted by molar-refractivity contribution is -0.385. The van der Waals surface area contributed by atoms with Gasteiger partial charge >= 0.3 is 5.69 Å². The Morgan fingerprint density at radius 2 is 1.81 bits per heavy atom. The number of pyridine rings is 1. The molecule has 0 atom stereocenters. The maximum Gasteiger partial charge on any atom is 0.315 e. The molecule has 0 radical (unpaired) electrons. The monoisotopic (exact) mass is 386 g/mol. The zero-order chi connectivity index (χ0) is 19.9. The molecule has 0 saturated carbocycles. The molecule has 2 heterocycles. The van der Waals surface area contributed by atoms with Gasteiger partial charge in [0.15, 0.2) is 11.6 Å². The number of nitrogens with zero attached hydrogens (tertiary/aromatic N) is 4. The Morgan fingerprint density at radius 1 is 1.11 bits per heavy atom. The predicted octanol–water partition coefficient (Wildman–Crippen LogP) is 4.10. The standard InChI is InChI=1S/C18H15ClN4O4/c1-8-9(2)15(17(19)21-10(8)3)18-20-5-4-12(22-18)11-6-13(23(26)27)16(25)14(24)7-11/h4-7,24-25H,1-3H3. The maximum absolute atomic E-state index is 11.1. The van der Waals surface area contributed by atoms with Crippen molar-refractivity contribution in [2.45, 2.75) is 20.8 Å². The van der Waals surface area contributed by atoms with E-state index in [1.54, 1.807) is 0 Å². The van der Waals surface area contributed by atoms with Gasteiger partial charge in [-0.3, -0.25) is 10.1 Å². The summed E-state index contributed by atoms with van der Waals surface area (Å²) in [5, 5.41) is 30.8. The van der Waals surface area contributed by atoms with E-state index in [1.807, 2.05) is 20.8 Å². The maximum atomic E-state index is 11.1. The highest BCUT2D eigenvalue weighted by Crippen LogP contribution is 2.39. The molecule has 3 aromatic rings. The summed E-state index contributed by atoms with van der Waals surface area (Å²) in [5.41, 5.74) is 3.17. The van der Waals surface area contributed by atoms with Crippen LogP contribution in [0.4, 0.5) is 5.69 Å². The third kappa shape index (κ3) is 3.26. The van der Waals surface area contributed by atoms with Crippen molar-refractivity contribution in [3.8, 4) is 34.1 Å². The summed E-state index contributed by atoms with van der Waals surface area (Å²) in [6.07, 6.45) is 1.48. The van der Waals surface area contributed by atoms with Gasteiger partial charge in [0.2, 0.25) is 5.75 Å². The number of rotatable bonds is 3. The molecule has 3 rings (SSSR count). The first-order valence-electron chi connectivity index (χ1n) is 7.88. The second kappa shape index (κ2) is 6.81. The minimum Gasteiger partial charge on any atom is -0.504 e. The molecule has 0 unspecified atom stereocenters. The van der Waals surface area contributed by atoms with Gasteiger partial charge in [0, 0.05) is 23.5 Å². The van der Waals surface area contributed by atoms with Crippen molar-refractivity contribution in [1.82, 2.24) is 15.0 Å². The third-order valence-electron chi connectivity index (χ3n) is 4.39. The first-order chi connectivity index (χ1) is 12.7. The fraction of sp³-hybridized carbons (Fsp3) is 0.167. The molecule has 0 aliphatic heterocycles. The SMILES string of the molecule is Cc1nc(Cl)c(-c2nccc(-c3cc(O)c(O)c([N+](=O)[O-])c3)n2)c(C)c1C. The number of benzene rings is 1. The molecular weight excluding hydrogens is 372 g/mol. The number of nitro benzene ring substituents is 1. The Hall–Kier alpha value is -3.26. The van der Waals surface area contributed by atoms with Gasteiger partial charge < -0.3 is 10.2 Å². The van der Waals surface area contributed by atoms with E-state index in [4.69, 9.17) is 11.6 Å². The van der Waals surface area contributed by atoms with E-state index in [1.165, 1.54) is 18.3 Å². The number of phenolic OH excluding ortho intramolecular Hbond substituents is 2. The number of aryl methyl sites for hydroxylation is 1. The van der Waals surface area contributed by atoms with Crippen LogP contribution in [0.3, 0.4) is 0 Å². The average molecular weight is 387 g/mol. The quantitative estimate of drug-likeness (QED) is 0.300. The average Bonchev–Trinajstić information content (AvgIpc) is 2.62. The molecule has 0 aliphatic carbocycles. The number of phenols is 2. The van der Waals surface area contributed by atoms with Crippen molar-refractivity contribution >= 4 is 17.3 Å². The fourth-order valence-corrected chi connectivity index (χ4v) is 3.04. The summed E-state index contributed by atoms with van der Waals surface area (Å²) in [6.45, 7) is 5.66. The van der Waals surface area contributed by atoms with Crippen molar-refractivity contribution in [2.24, 2.45) is 0 Å². The summed E-state index contributed by atoms with van der Waals surface area (Å²) >= 11 is 6.30. The number of nitro groups is 1. The van der Waals surface area contributed by atoms with Gasteiger partial charge in [0.1, 0.15) is 5.15 Å². The zero-order valence-electron chi connectivity index (χ0n) is 14.7. The van der Waals surface area contributed by atoms with Crippen LogP contribution in [0.2, 0.25) is 5.15 Å². The molecule has 9 heteroatoms. The Morgan fingerprint density at radius 3 is 2.48 bits per heavy atom. The van der Waals surface area contributed by atoms with Crippen LogP contribution in [-0.2, 0) is 0 Å². The van der Waals surface area contributed by atoms with Crippen molar-refractivity contribution in [3.63, 3.8) is 0 Å². The van der Waals surface area contributed by atoms with Crippen molar-refractivity contribution in [1.29, 1.82) is 0 Å². The minimum absolute atomic E-state index is 0.256. The van der Waals surface area contributed by atoms with E-state index >= 15 is 0 Å². The summed E-state index contributed by atoms with van der Waals surface area (Å²) in [4.78, 5) is 23.3. The molecule has 1 aromatic carbocycles. The zero-order valence-corrected chi connectivity index (χ0v) is 15.4. The summed E-state index contributed by atoms with van der Waals surface area (Å²) in [6, 6.07) is 3.87. The molecule has 0 spiro atoms. The summed E-state index contributed by atoms with van der Waals surface area (Å²) in [5.74, 6) is -1.10. The topological polar surface area (TPSA) is 122 Å². The first-order valence-corrected chi connectivity index (χ1v) is 8.26. The Kier molecular flexibility index (Phi) is 4.67. The van der Waals surface area contributed by atoms with Gasteiger partial charge in [-0.05, 0) is 44.0 Å². The van der Waals surface area contributed by atoms with Crippen LogP contribution >= 0.6 is 11.6 Å². The number of halogens is 1. The van der Waals surface area contributed by atoms with Crippen molar-refractivity contribution < 1.29 is 15.1 Å². The fourth-order valence-electron chi connectivity index (χ4n) is 2.69. The summed E-state index contributed by atoms with van der Waals surface area (Å²) < 4.78 is 0. The molecule has 0 saturated heterocycles. The summed E-state index contributed by atoms with van der Waals surface area (Å²) in [7, 11) is 0. The molecule has 0 aliphatic rings. The smallest absolute Gasteiger partial charge is 0.315 e. The molecular formula is C18H15ClN4O4. The highest BCUT2D eigenvalue weighted by Gasteiger charge is 2.21. The van der Waals surface area contributed by atoms with Crippen LogP contribution in [0.1, 0.15) is 16.8 Å². The van der Waals surface area contributed by atoms with Crippen LogP contribution in [0.5, 0.6) is 11.5 Å². The lowest BCUT2D eigenvalue weighted by Crippen LogP contribution is -2.00. The second-order valence-corrected chi connectivity index (χ2v) is 6.36. The van der Waals surface area contributed by atoms with E-state index in [0.717, 1.165) is 22.9 Å². The van der Waals surface area contributed by atoms with Gasteiger partial charge in [-0.25, -0.2) is 15.0 Å². The first kappa shape index (κ1) is 18.5. The number of aromatic nitrogens is 3. The van der Waals surface area contributed by atoms with E-state index in [-0.39, 0.29) is 10.7 Å². The lowest BCUT2D eigenvalue weighted by atomic mass is 10.0. The second-order valence-electron chi connectivity index (χ2n) is 6.00. The van der Waals surface area contributed by atoms with Crippen LogP contribution in [-0.4, -0.2) is 30.1 Å². The third-order valence-corrected chi connectivity index (χ3v) is 4.67. The normalized spacial score (nSPS) is 10.8. The molecule has 138 valence electrons. The van der Waals surface area contributed by atoms with Gasteiger partial charge in [-0.15, -0.1) is 0 Å². The predicted molar refractivity (Wildman–Crippen MR) is 99.9 cm³/mol. The van der Waals surface area contributed by atoms with E-state index < -0.39 is 22.1 Å². The minimum atomic E-state index is -0.796. The van der Waals surface area contributed by atoms with E-state index in [9.17, 15) is 20.3 Å². The lowest BCUT2D eigenvalue weighted by Gasteiger charge is -2.12. The Balaban J connectivity index is 2.19. The molecule has 8 nitrogen and oxygen atoms in total. The Labute approximate surface area is 159 Å². The Bertz CT molecular complexity index is 1090. The van der Waals surface area contributed by atoms with Crippen LogP contribution in [0.15, 0.2) is 24.4 Å². The molecule has 0 fully saturated rings. The number of hydrogen-bond donors (Lipinski definition) is 2. The van der Waals surface area contributed by atoms with Gasteiger partial charge in [-0.2, -0.15) is 0 Å². The van der Waals surface area contributed by atoms with Gasteiger partial charge in [-0.1, -0.05) is 11.6 Å². The van der Waals surface area contributed by atoms with Crippen LogP contribution in [0, 0.1) is 30.9 Å².